The number of carbonyl (C=O) groups is 2. The van der Waals surface area contributed by atoms with Crippen LogP contribution in [0.1, 0.15) is 48.8 Å². The maximum atomic E-state index is 12.9. The van der Waals surface area contributed by atoms with Crippen LogP contribution >= 0.6 is 0 Å². The van der Waals surface area contributed by atoms with Crippen molar-refractivity contribution in [1.82, 2.24) is 5.32 Å². The van der Waals surface area contributed by atoms with Crippen LogP contribution in [0.25, 0.3) is 0 Å². The van der Waals surface area contributed by atoms with Gasteiger partial charge in [0.05, 0.1) is 6.42 Å². The van der Waals surface area contributed by atoms with Crippen LogP contribution in [-0.4, -0.2) is 18.1 Å². The lowest BCUT2D eigenvalue weighted by Crippen LogP contribution is -2.71. The van der Waals surface area contributed by atoms with Crippen LogP contribution in [0.3, 0.4) is 0 Å². The number of nitrogens with one attached hydrogen (secondary N) is 1. The third kappa shape index (κ3) is 4.59. The average Bonchev–Trinajstić information content (AvgIpc) is 2.83. The predicted molar refractivity (Wildman–Crippen MR) is 125 cm³/mol. The lowest BCUT2D eigenvalue weighted by atomic mass is 9.68. The molecule has 1 aliphatic heterocycles. The number of rotatable bonds is 9. The summed E-state index contributed by atoms with van der Waals surface area (Å²) in [6, 6.07) is 29.9. The molecule has 1 amide bonds. The molecule has 3 aromatic carbocycles. The summed E-state index contributed by atoms with van der Waals surface area (Å²) in [6.07, 6.45) is 1.92. The van der Waals surface area contributed by atoms with Gasteiger partial charge in [-0.25, -0.2) is 0 Å². The molecule has 1 fully saturated rings. The number of aryl methyl sites for hydroxylation is 1. The van der Waals surface area contributed by atoms with Crippen LogP contribution in [0.15, 0.2) is 91.0 Å². The van der Waals surface area contributed by atoms with Gasteiger partial charge in [-0.2, -0.15) is 0 Å². The molecule has 3 unspecified atom stereocenters. The largest absolute Gasteiger partial charge is 0.440 e. The van der Waals surface area contributed by atoms with Crippen molar-refractivity contribution < 1.29 is 14.3 Å². The molecule has 1 saturated heterocycles. The van der Waals surface area contributed by atoms with Gasteiger partial charge in [-0.15, -0.1) is 0 Å². The number of hydrogen-bond donors (Lipinski definition) is 1. The summed E-state index contributed by atoms with van der Waals surface area (Å²) in [4.78, 5) is 25.7. The first-order valence-corrected chi connectivity index (χ1v) is 11.2. The van der Waals surface area contributed by atoms with Crippen LogP contribution in [0, 0.1) is 0 Å². The second-order valence-corrected chi connectivity index (χ2v) is 8.54. The molecular weight excluding hydrogens is 398 g/mol. The van der Waals surface area contributed by atoms with E-state index in [1.165, 1.54) is 5.56 Å². The number of esters is 1. The minimum absolute atomic E-state index is 0.0451. The monoisotopic (exact) mass is 427 g/mol. The van der Waals surface area contributed by atoms with E-state index in [9.17, 15) is 9.59 Å². The Labute approximate surface area is 189 Å². The third-order valence-corrected chi connectivity index (χ3v) is 6.37. The molecule has 0 bridgehead atoms. The van der Waals surface area contributed by atoms with E-state index in [1.807, 2.05) is 85.8 Å². The molecule has 0 radical (unpaired) electrons. The van der Waals surface area contributed by atoms with Crippen molar-refractivity contribution >= 4 is 11.9 Å². The third-order valence-electron chi connectivity index (χ3n) is 6.37. The standard InChI is InChI=1S/C28H29NO3/c1-21(23-15-7-3-8-16-23)20-25(30)32-27-28(26(31)29-27,24-17-9-4-10-18-24)19-11-14-22-12-5-2-6-13-22/h2-10,12-13,15-18,21,27H,11,14,19-20H2,1H3,(H,29,31). The first kappa shape index (κ1) is 21.8. The van der Waals surface area contributed by atoms with Gasteiger partial charge in [0.2, 0.25) is 5.91 Å². The van der Waals surface area contributed by atoms with Crippen molar-refractivity contribution in [3.63, 3.8) is 0 Å². The Balaban J connectivity index is 1.47. The SMILES string of the molecule is CC(CC(=O)OC1NC(=O)C1(CCCc1ccccc1)c1ccccc1)c1ccccc1. The Kier molecular flexibility index (Phi) is 6.69. The first-order valence-electron chi connectivity index (χ1n) is 11.2. The number of β-lactam (4-membered cyclic amide) rings is 1. The Hall–Kier alpha value is -3.40. The molecule has 4 rings (SSSR count). The molecule has 1 N–H and O–H groups in total. The summed E-state index contributed by atoms with van der Waals surface area (Å²) >= 11 is 0. The minimum atomic E-state index is -0.846. The topological polar surface area (TPSA) is 55.4 Å². The van der Waals surface area contributed by atoms with E-state index in [0.717, 1.165) is 24.0 Å². The molecule has 0 aliphatic carbocycles. The number of hydrogen-bond acceptors (Lipinski definition) is 3. The van der Waals surface area contributed by atoms with E-state index < -0.39 is 11.6 Å². The van der Waals surface area contributed by atoms with Gasteiger partial charge >= 0.3 is 5.97 Å². The Morgan fingerprint density at radius 3 is 2.16 bits per heavy atom. The van der Waals surface area contributed by atoms with Crippen molar-refractivity contribution in [2.75, 3.05) is 0 Å². The fourth-order valence-electron chi connectivity index (χ4n) is 4.49. The fourth-order valence-corrected chi connectivity index (χ4v) is 4.49. The Morgan fingerprint density at radius 1 is 0.938 bits per heavy atom. The highest BCUT2D eigenvalue weighted by molar-refractivity contribution is 5.96. The molecule has 4 nitrogen and oxygen atoms in total. The van der Waals surface area contributed by atoms with Gasteiger partial charge in [0.1, 0.15) is 5.41 Å². The van der Waals surface area contributed by atoms with Crippen molar-refractivity contribution in [2.24, 2.45) is 0 Å². The molecule has 3 aromatic rings. The van der Waals surface area contributed by atoms with Crippen LogP contribution in [0.5, 0.6) is 0 Å². The Bertz CT molecular complexity index is 1040. The smallest absolute Gasteiger partial charge is 0.308 e. The van der Waals surface area contributed by atoms with Gasteiger partial charge in [0, 0.05) is 0 Å². The van der Waals surface area contributed by atoms with Crippen molar-refractivity contribution in [2.45, 2.75) is 50.2 Å². The highest BCUT2D eigenvalue weighted by Gasteiger charge is 2.58. The molecule has 0 aromatic heterocycles. The van der Waals surface area contributed by atoms with E-state index in [1.54, 1.807) is 0 Å². The van der Waals surface area contributed by atoms with Crippen molar-refractivity contribution in [3.05, 3.63) is 108 Å². The van der Waals surface area contributed by atoms with Crippen LogP contribution in [-0.2, 0) is 26.2 Å². The molecule has 164 valence electrons. The summed E-state index contributed by atoms with van der Waals surface area (Å²) < 4.78 is 5.85. The van der Waals surface area contributed by atoms with Crippen molar-refractivity contribution in [3.8, 4) is 0 Å². The normalized spacial score (nSPS) is 20.7. The second kappa shape index (κ2) is 9.82. The van der Waals surface area contributed by atoms with E-state index in [-0.39, 0.29) is 24.2 Å². The first-order chi connectivity index (χ1) is 15.6. The highest BCUT2D eigenvalue weighted by atomic mass is 16.6. The van der Waals surface area contributed by atoms with Crippen LogP contribution in [0.2, 0.25) is 0 Å². The number of ether oxygens (including phenoxy) is 1. The lowest BCUT2D eigenvalue weighted by molar-refractivity contribution is -0.174. The molecule has 0 saturated carbocycles. The van der Waals surface area contributed by atoms with Gasteiger partial charge in [-0.3, -0.25) is 9.59 Å². The molecule has 0 spiro atoms. The van der Waals surface area contributed by atoms with Gasteiger partial charge < -0.3 is 10.1 Å². The maximum absolute atomic E-state index is 12.9. The summed E-state index contributed by atoms with van der Waals surface area (Å²) in [5.74, 6) is -0.330. The van der Waals surface area contributed by atoms with Gasteiger partial charge in [-0.05, 0) is 41.9 Å². The molecule has 3 atom stereocenters. The zero-order valence-corrected chi connectivity index (χ0v) is 18.4. The Morgan fingerprint density at radius 2 is 1.53 bits per heavy atom. The van der Waals surface area contributed by atoms with Gasteiger partial charge in [0.15, 0.2) is 6.23 Å². The minimum Gasteiger partial charge on any atom is -0.440 e. The zero-order chi connectivity index (χ0) is 22.4. The van der Waals surface area contributed by atoms with Gasteiger partial charge in [0.25, 0.3) is 0 Å². The number of benzene rings is 3. The van der Waals surface area contributed by atoms with E-state index >= 15 is 0 Å². The van der Waals surface area contributed by atoms with Crippen LogP contribution in [0.4, 0.5) is 0 Å². The van der Waals surface area contributed by atoms with E-state index in [4.69, 9.17) is 4.74 Å². The number of carbonyl (C=O) groups excluding carboxylic acids is 2. The maximum Gasteiger partial charge on any atom is 0.308 e. The van der Waals surface area contributed by atoms with E-state index in [2.05, 4.69) is 17.4 Å². The molecule has 1 heterocycles. The zero-order valence-electron chi connectivity index (χ0n) is 18.4. The van der Waals surface area contributed by atoms with Gasteiger partial charge in [-0.1, -0.05) is 97.9 Å². The summed E-state index contributed by atoms with van der Waals surface area (Å²) in [7, 11) is 0. The summed E-state index contributed by atoms with van der Waals surface area (Å²) in [5.41, 5.74) is 2.38. The van der Waals surface area contributed by atoms with Crippen LogP contribution < -0.4 is 5.32 Å². The molecule has 4 heteroatoms. The molecule has 32 heavy (non-hydrogen) atoms. The van der Waals surface area contributed by atoms with Crippen molar-refractivity contribution in [1.29, 1.82) is 0 Å². The summed E-state index contributed by atoms with van der Waals surface area (Å²) in [6.45, 7) is 2.01. The lowest BCUT2D eigenvalue weighted by Gasteiger charge is -2.48. The number of amides is 1. The average molecular weight is 428 g/mol. The fraction of sp³-hybridized carbons (Fsp3) is 0.286. The second-order valence-electron chi connectivity index (χ2n) is 8.54. The highest BCUT2D eigenvalue weighted by Crippen LogP contribution is 2.41. The van der Waals surface area contributed by atoms with E-state index in [0.29, 0.717) is 6.42 Å². The predicted octanol–water partition coefficient (Wildman–Crippen LogP) is 5.14. The molecule has 1 aliphatic rings. The quantitative estimate of drug-likeness (QED) is 0.380. The summed E-state index contributed by atoms with van der Waals surface area (Å²) in [5, 5.41) is 2.84. The molecular formula is C28H29NO3.